The van der Waals surface area contributed by atoms with E-state index in [-0.39, 0.29) is 5.69 Å². The van der Waals surface area contributed by atoms with Gasteiger partial charge in [0.15, 0.2) is 6.19 Å². The van der Waals surface area contributed by atoms with E-state index in [1.54, 1.807) is 37.8 Å². The Balaban J connectivity index is 1.85. The molecular weight excluding hydrogens is 402 g/mol. The summed E-state index contributed by atoms with van der Waals surface area (Å²) in [5, 5.41) is 12.2. The number of pyridine rings is 2. The summed E-state index contributed by atoms with van der Waals surface area (Å²) in [6.45, 7) is 0.393. The number of hydrogen-bond donors (Lipinski definition) is 1. The normalized spacial score (nSPS) is 10.6. The van der Waals surface area contributed by atoms with Gasteiger partial charge in [0, 0.05) is 23.3 Å². The van der Waals surface area contributed by atoms with E-state index in [4.69, 9.17) is 21.6 Å². The Hall–Kier alpha value is -3.89. The predicted molar refractivity (Wildman–Crippen MR) is 113 cm³/mol. The molecule has 3 aromatic heterocycles. The molecule has 4 aromatic rings. The molecule has 0 fully saturated rings. The zero-order valence-electron chi connectivity index (χ0n) is 16.0. The Labute approximate surface area is 177 Å². The molecule has 0 aliphatic rings. The molecule has 0 unspecified atom stereocenters. The topological polar surface area (TPSA) is 92.8 Å². The minimum Gasteiger partial charge on any atom is -0.495 e. The lowest BCUT2D eigenvalue weighted by Crippen LogP contribution is -2.19. The van der Waals surface area contributed by atoms with Crippen LogP contribution in [0.1, 0.15) is 16.2 Å². The van der Waals surface area contributed by atoms with Crippen molar-refractivity contribution < 1.29 is 9.53 Å². The first kappa shape index (κ1) is 19.4. The largest absolute Gasteiger partial charge is 0.495 e. The monoisotopic (exact) mass is 417 g/mol. The summed E-state index contributed by atoms with van der Waals surface area (Å²) < 4.78 is 7.42. The number of carbonyl (C=O) groups is 1. The Morgan fingerprint density at radius 1 is 1.27 bits per heavy atom. The molecule has 0 saturated heterocycles. The van der Waals surface area contributed by atoms with Gasteiger partial charge >= 0.3 is 0 Å². The standard InChI is InChI=1S/C22H16ClN5O2/c1-30-21-9-15-8-19(14-4-3-7-25-11-14)28(20(15)10-17(21)23)12-16-5-2-6-18(27-16)22(29)26-13-24/h2-11H,12H2,1H3,(H,26,29). The molecule has 1 N–H and O–H groups in total. The maximum absolute atomic E-state index is 12.0. The molecule has 0 saturated carbocycles. The van der Waals surface area contributed by atoms with Crippen LogP contribution < -0.4 is 10.1 Å². The molecular formula is C22H16ClN5O2. The van der Waals surface area contributed by atoms with Crippen molar-refractivity contribution in [3.05, 3.63) is 77.3 Å². The zero-order chi connectivity index (χ0) is 21.1. The van der Waals surface area contributed by atoms with E-state index in [0.29, 0.717) is 23.0 Å². The maximum Gasteiger partial charge on any atom is 0.282 e. The fourth-order valence-electron chi connectivity index (χ4n) is 3.31. The first-order valence-electron chi connectivity index (χ1n) is 9.03. The summed E-state index contributed by atoms with van der Waals surface area (Å²) in [7, 11) is 1.58. The fourth-order valence-corrected chi connectivity index (χ4v) is 3.55. The van der Waals surface area contributed by atoms with Gasteiger partial charge in [-0.3, -0.25) is 15.1 Å². The van der Waals surface area contributed by atoms with Crippen LogP contribution in [-0.4, -0.2) is 27.6 Å². The van der Waals surface area contributed by atoms with Crippen molar-refractivity contribution in [2.24, 2.45) is 0 Å². The van der Waals surface area contributed by atoms with Crippen molar-refractivity contribution in [3.63, 3.8) is 0 Å². The highest BCUT2D eigenvalue weighted by Crippen LogP contribution is 2.35. The van der Waals surface area contributed by atoms with Crippen molar-refractivity contribution >= 4 is 28.4 Å². The van der Waals surface area contributed by atoms with Crippen molar-refractivity contribution in [3.8, 4) is 23.2 Å². The first-order valence-corrected chi connectivity index (χ1v) is 9.41. The number of aromatic nitrogens is 3. The van der Waals surface area contributed by atoms with Crippen LogP contribution in [-0.2, 0) is 6.54 Å². The van der Waals surface area contributed by atoms with Gasteiger partial charge in [0.1, 0.15) is 11.4 Å². The summed E-state index contributed by atoms with van der Waals surface area (Å²) in [5.74, 6) is 0.0457. The van der Waals surface area contributed by atoms with E-state index in [2.05, 4.69) is 19.9 Å². The van der Waals surface area contributed by atoms with Gasteiger partial charge in [0.2, 0.25) is 0 Å². The SMILES string of the molecule is COc1cc2cc(-c3cccnc3)n(Cc3cccc(C(=O)NC#N)n3)c2cc1Cl. The van der Waals surface area contributed by atoms with Crippen molar-refractivity contribution in [2.75, 3.05) is 7.11 Å². The van der Waals surface area contributed by atoms with Crippen molar-refractivity contribution in [1.82, 2.24) is 19.9 Å². The van der Waals surface area contributed by atoms with Crippen LogP contribution in [0.5, 0.6) is 5.75 Å². The highest BCUT2D eigenvalue weighted by Gasteiger charge is 2.15. The molecule has 0 atom stereocenters. The fraction of sp³-hybridized carbons (Fsp3) is 0.0909. The number of amides is 1. The molecule has 1 amide bonds. The number of hydrogen-bond acceptors (Lipinski definition) is 5. The van der Waals surface area contributed by atoms with Gasteiger partial charge in [-0.05, 0) is 42.5 Å². The minimum atomic E-state index is -0.544. The number of benzene rings is 1. The van der Waals surface area contributed by atoms with E-state index < -0.39 is 5.91 Å². The third kappa shape index (κ3) is 3.69. The summed E-state index contributed by atoms with van der Waals surface area (Å²) >= 11 is 6.39. The lowest BCUT2D eigenvalue weighted by atomic mass is 10.2. The van der Waals surface area contributed by atoms with Gasteiger partial charge in [-0.2, -0.15) is 5.26 Å². The molecule has 0 radical (unpaired) electrons. The first-order chi connectivity index (χ1) is 14.6. The summed E-state index contributed by atoms with van der Waals surface area (Å²) in [5.41, 5.74) is 3.59. The summed E-state index contributed by atoms with van der Waals surface area (Å²) in [4.78, 5) is 20.6. The molecule has 1 aromatic carbocycles. The number of halogens is 1. The third-order valence-electron chi connectivity index (χ3n) is 4.66. The van der Waals surface area contributed by atoms with Crippen molar-refractivity contribution in [1.29, 1.82) is 5.26 Å². The van der Waals surface area contributed by atoms with Crippen LogP contribution >= 0.6 is 11.6 Å². The minimum absolute atomic E-state index is 0.174. The molecule has 3 heterocycles. The Morgan fingerprint density at radius 2 is 2.13 bits per heavy atom. The van der Waals surface area contributed by atoms with Crippen LogP contribution in [0.2, 0.25) is 5.02 Å². The van der Waals surface area contributed by atoms with Crippen LogP contribution in [0.25, 0.3) is 22.2 Å². The lowest BCUT2D eigenvalue weighted by Gasteiger charge is -2.12. The number of fused-ring (bicyclic) bond motifs is 1. The van der Waals surface area contributed by atoms with Crippen molar-refractivity contribution in [2.45, 2.75) is 6.54 Å². The van der Waals surface area contributed by atoms with Crippen LogP contribution in [0.15, 0.2) is 60.9 Å². The Kier molecular flexibility index (Phi) is 5.33. The second kappa shape index (κ2) is 8.23. The van der Waals surface area contributed by atoms with Gasteiger partial charge in [0.05, 0.1) is 35.6 Å². The Bertz CT molecular complexity index is 1280. The second-order valence-corrected chi connectivity index (χ2v) is 6.89. The molecule has 4 rings (SSSR count). The van der Waals surface area contributed by atoms with E-state index in [1.165, 1.54) is 0 Å². The van der Waals surface area contributed by atoms with E-state index in [0.717, 1.165) is 22.2 Å². The van der Waals surface area contributed by atoms with Gasteiger partial charge in [-0.25, -0.2) is 4.98 Å². The van der Waals surface area contributed by atoms with Crippen LogP contribution in [0.4, 0.5) is 0 Å². The smallest absolute Gasteiger partial charge is 0.282 e. The van der Waals surface area contributed by atoms with E-state index in [9.17, 15) is 4.79 Å². The molecule has 0 aliphatic carbocycles. The Morgan fingerprint density at radius 3 is 2.87 bits per heavy atom. The molecule has 30 heavy (non-hydrogen) atoms. The molecule has 0 aliphatic heterocycles. The molecule has 8 heteroatoms. The predicted octanol–water partition coefficient (Wildman–Crippen LogP) is 4.02. The number of nitriles is 1. The number of nitrogens with zero attached hydrogens (tertiary/aromatic N) is 4. The number of nitrogens with one attached hydrogen (secondary N) is 1. The summed E-state index contributed by atoms with van der Waals surface area (Å²) in [6.07, 6.45) is 5.13. The molecule has 7 nitrogen and oxygen atoms in total. The molecule has 148 valence electrons. The number of carbonyl (C=O) groups excluding carboxylic acids is 1. The zero-order valence-corrected chi connectivity index (χ0v) is 16.7. The second-order valence-electron chi connectivity index (χ2n) is 6.48. The quantitative estimate of drug-likeness (QED) is 0.391. The van der Waals surface area contributed by atoms with Crippen LogP contribution in [0.3, 0.4) is 0 Å². The average molecular weight is 418 g/mol. The van der Waals surface area contributed by atoms with E-state index in [1.807, 2.05) is 36.4 Å². The van der Waals surface area contributed by atoms with Crippen LogP contribution in [0, 0.1) is 11.5 Å². The number of methoxy groups -OCH3 is 1. The molecule has 0 bridgehead atoms. The lowest BCUT2D eigenvalue weighted by molar-refractivity contribution is 0.0967. The number of rotatable bonds is 5. The highest BCUT2D eigenvalue weighted by molar-refractivity contribution is 6.32. The van der Waals surface area contributed by atoms with E-state index >= 15 is 0 Å². The van der Waals surface area contributed by atoms with Gasteiger partial charge < -0.3 is 9.30 Å². The molecule has 0 spiro atoms. The third-order valence-corrected chi connectivity index (χ3v) is 4.96. The van der Waals surface area contributed by atoms with Gasteiger partial charge in [-0.1, -0.05) is 17.7 Å². The average Bonchev–Trinajstić information content (AvgIpc) is 3.11. The highest BCUT2D eigenvalue weighted by atomic mass is 35.5. The number of ether oxygens (including phenoxy) is 1. The van der Waals surface area contributed by atoms with Gasteiger partial charge in [0.25, 0.3) is 5.91 Å². The maximum atomic E-state index is 12.0. The van der Waals surface area contributed by atoms with Gasteiger partial charge in [-0.15, -0.1) is 0 Å². The summed E-state index contributed by atoms with van der Waals surface area (Å²) in [6, 6.07) is 14.7.